The molecule has 0 amide bonds. The van der Waals surface area contributed by atoms with Gasteiger partial charge in [-0.1, -0.05) is 54.5 Å². The fourth-order valence-electron chi connectivity index (χ4n) is 18.7. The number of carbonyl (C=O) groups excluding carboxylic acids is 1. The molecule has 10 aliphatic rings. The van der Waals surface area contributed by atoms with Gasteiger partial charge in [-0.3, -0.25) is 0 Å². The lowest BCUT2D eigenvalue weighted by Crippen LogP contribution is -2.77. The van der Waals surface area contributed by atoms with Gasteiger partial charge in [-0.05, 0) is 100 Å². The Bertz CT molecular complexity index is 2500. The van der Waals surface area contributed by atoms with Crippen LogP contribution in [0, 0.1) is 50.2 Å². The van der Waals surface area contributed by atoms with Gasteiger partial charge in [-0.2, -0.15) is 0 Å². The zero-order chi connectivity index (χ0) is 63.2. The summed E-state index contributed by atoms with van der Waals surface area (Å²) in [5.41, 5.74) is -5.64. The molecule has 0 aromatic carbocycles. The summed E-state index contributed by atoms with van der Waals surface area (Å²) >= 11 is 0. The summed E-state index contributed by atoms with van der Waals surface area (Å²) in [6, 6.07) is 0. The quantitative estimate of drug-likeness (QED) is 0.0517. The van der Waals surface area contributed by atoms with Crippen LogP contribution in [0.4, 0.5) is 0 Å². The van der Waals surface area contributed by atoms with Gasteiger partial charge in [-0.25, -0.2) is 9.59 Å². The highest BCUT2D eigenvalue weighted by Crippen LogP contribution is 2.81. The second-order valence-electron chi connectivity index (χ2n) is 28.6. The van der Waals surface area contributed by atoms with Crippen molar-refractivity contribution in [2.45, 2.75) is 280 Å². The third-order valence-corrected chi connectivity index (χ3v) is 23.8. The van der Waals surface area contributed by atoms with Gasteiger partial charge in [0.25, 0.3) is 0 Å². The Hall–Kier alpha value is -2.24. The molecule has 0 aromatic heterocycles. The van der Waals surface area contributed by atoms with E-state index >= 15 is 0 Å². The number of rotatable bonds is 13. The number of hydrogen-bond acceptors (Lipinski definition) is 26. The Morgan fingerprint density at radius 3 is 1.76 bits per heavy atom. The van der Waals surface area contributed by atoms with Crippen molar-refractivity contribution in [2.75, 3.05) is 13.2 Å². The zero-order valence-electron chi connectivity index (χ0n) is 50.4. The molecule has 15 N–H and O–H groups in total. The minimum Gasteiger partial charge on any atom is -0.479 e. The predicted molar refractivity (Wildman–Crippen MR) is 289 cm³/mol. The summed E-state index contributed by atoms with van der Waals surface area (Å²) in [4.78, 5) is 26.5. The lowest BCUT2D eigenvalue weighted by atomic mass is 9.30. The first-order chi connectivity index (χ1) is 40.1. The average molecular weight is 1240 g/mol. The molecule has 10 rings (SSSR count). The van der Waals surface area contributed by atoms with E-state index in [4.69, 9.17) is 47.4 Å². The van der Waals surface area contributed by atoms with Gasteiger partial charge in [0.15, 0.2) is 37.6 Å². The molecular formula is C59H94O27. The van der Waals surface area contributed by atoms with Crippen molar-refractivity contribution in [2.24, 2.45) is 50.2 Å². The molecule has 10 fully saturated rings. The molecule has 2 bridgehead atoms. The first-order valence-electron chi connectivity index (χ1n) is 30.5. The topological polar surface area (TPSA) is 430 Å². The van der Waals surface area contributed by atoms with Gasteiger partial charge in [0.1, 0.15) is 97.7 Å². The minimum atomic E-state index is -2.28. The van der Waals surface area contributed by atoms with Gasteiger partial charge < -0.3 is 124 Å². The maximum absolute atomic E-state index is 13.3. The molecule has 1 spiro atoms. The van der Waals surface area contributed by atoms with Crippen LogP contribution in [0.5, 0.6) is 0 Å². The predicted octanol–water partition coefficient (Wildman–Crippen LogP) is -2.45. The molecule has 5 heterocycles. The number of aliphatic hydroxyl groups is 14. The van der Waals surface area contributed by atoms with E-state index in [0.29, 0.717) is 50.5 Å². The SMILES string of the molecule is C/C=C(/C)C(=O)O[C@H]1[C@H](O)[C@@]23[C@@H](CC1(C)C)[C@]1(CC[C@H]4[C@]5(C)CC[C@@H](O[C@@H]6O[C@H](C(=O)O)[C@@H](O)[C@H](O[C@H]7O[C@@H](CO)[C@H](O)[C@@H](O)[C@@H]7O[C@H]7O[C@@H](C)[C@H](O)[C@@H](O)[C@@H]7O)[C@H]6O[C@H]6O[C@@H](CO)[C@H](O)[C@@H](O)[C@@H]6O)C(C)(C)[C@H]5CC[C@]4(C)[C@]1(C)C[C@@H]2O)O[C@@H]3O. The van der Waals surface area contributed by atoms with Crippen molar-refractivity contribution in [3.05, 3.63) is 11.6 Å². The first kappa shape index (κ1) is 66.7. The molecule has 0 radical (unpaired) electrons. The molecular weight excluding hydrogens is 1140 g/mol. The van der Waals surface area contributed by atoms with Crippen molar-refractivity contribution in [3.63, 3.8) is 0 Å². The Morgan fingerprint density at radius 2 is 1.14 bits per heavy atom. The number of allylic oxidation sites excluding steroid dienone is 1. The van der Waals surface area contributed by atoms with Crippen LogP contribution >= 0.6 is 0 Å². The van der Waals surface area contributed by atoms with Crippen molar-refractivity contribution in [3.8, 4) is 0 Å². The number of carbonyl (C=O) groups is 2. The maximum atomic E-state index is 13.3. The number of hydrogen-bond donors (Lipinski definition) is 15. The molecule has 5 aliphatic heterocycles. The highest BCUT2D eigenvalue weighted by molar-refractivity contribution is 5.87. The highest BCUT2D eigenvalue weighted by Gasteiger charge is 2.85. The number of carboxylic acid groups (broad SMARTS) is 1. The molecule has 86 heavy (non-hydrogen) atoms. The van der Waals surface area contributed by atoms with E-state index in [1.807, 2.05) is 27.7 Å². The second-order valence-corrected chi connectivity index (χ2v) is 28.6. The summed E-state index contributed by atoms with van der Waals surface area (Å²) in [7, 11) is 0. The van der Waals surface area contributed by atoms with Gasteiger partial charge in [-0.15, -0.1) is 0 Å². The number of fused-ring (bicyclic) bond motifs is 4. The van der Waals surface area contributed by atoms with E-state index in [2.05, 4.69) is 20.8 Å². The summed E-state index contributed by atoms with van der Waals surface area (Å²) in [6.45, 7) is 17.4. The molecule has 0 aromatic rings. The number of aliphatic hydroxyl groups excluding tert-OH is 14. The molecule has 27 heteroatoms. The fraction of sp³-hybridized carbons (Fsp3) is 0.932. The molecule has 5 saturated carbocycles. The summed E-state index contributed by atoms with van der Waals surface area (Å²) in [5.74, 6) is -3.04. The second kappa shape index (κ2) is 23.4. The lowest BCUT2D eigenvalue weighted by molar-refractivity contribution is -0.406. The third kappa shape index (κ3) is 9.84. The van der Waals surface area contributed by atoms with Crippen LogP contribution in [0.3, 0.4) is 0 Å². The highest BCUT2D eigenvalue weighted by atomic mass is 16.8. The Labute approximate surface area is 499 Å². The summed E-state index contributed by atoms with van der Waals surface area (Å²) in [5, 5.41) is 169. The van der Waals surface area contributed by atoms with Gasteiger partial charge in [0.2, 0.25) is 0 Å². The number of ether oxygens (including phenoxy) is 10. The first-order valence-corrected chi connectivity index (χ1v) is 30.5. The van der Waals surface area contributed by atoms with E-state index in [1.54, 1.807) is 19.9 Å². The van der Waals surface area contributed by atoms with Crippen molar-refractivity contribution in [1.29, 1.82) is 0 Å². The van der Waals surface area contributed by atoms with Crippen LogP contribution in [0.1, 0.15) is 121 Å². The molecule has 5 aliphatic carbocycles. The Balaban J connectivity index is 0.963. The number of esters is 1. The van der Waals surface area contributed by atoms with E-state index < -0.39 is 223 Å². The number of aliphatic carboxylic acids is 1. The molecule has 0 unspecified atom stereocenters. The van der Waals surface area contributed by atoms with Crippen LogP contribution < -0.4 is 0 Å². The van der Waals surface area contributed by atoms with Gasteiger partial charge in [0, 0.05) is 22.3 Å². The average Bonchev–Trinajstić information content (AvgIpc) is 1.35. The van der Waals surface area contributed by atoms with Crippen LogP contribution in [-0.2, 0) is 57.0 Å². The van der Waals surface area contributed by atoms with Gasteiger partial charge >= 0.3 is 11.9 Å². The molecule has 33 atom stereocenters. The fourth-order valence-corrected chi connectivity index (χ4v) is 18.7. The molecule has 5 saturated heterocycles. The monoisotopic (exact) mass is 1230 g/mol. The minimum absolute atomic E-state index is 0.0267. The Kier molecular flexibility index (Phi) is 18.1. The van der Waals surface area contributed by atoms with E-state index in [-0.39, 0.29) is 18.3 Å². The normalized spacial score (nSPS) is 55.0. The van der Waals surface area contributed by atoms with Crippen LogP contribution in [0.2, 0.25) is 0 Å². The van der Waals surface area contributed by atoms with Crippen LogP contribution in [0.25, 0.3) is 0 Å². The molecule has 27 nitrogen and oxygen atoms in total. The van der Waals surface area contributed by atoms with E-state index in [0.717, 1.165) is 0 Å². The maximum Gasteiger partial charge on any atom is 0.335 e. The zero-order valence-corrected chi connectivity index (χ0v) is 50.4. The lowest BCUT2D eigenvalue weighted by Gasteiger charge is -2.75. The smallest absolute Gasteiger partial charge is 0.335 e. The van der Waals surface area contributed by atoms with Gasteiger partial charge in [0.05, 0.1) is 42.5 Å². The van der Waals surface area contributed by atoms with Crippen molar-refractivity contribution < 1.29 is 134 Å². The van der Waals surface area contributed by atoms with Crippen LogP contribution in [0.15, 0.2) is 11.6 Å². The molecule has 492 valence electrons. The Morgan fingerprint density at radius 1 is 0.581 bits per heavy atom. The van der Waals surface area contributed by atoms with E-state index in [1.165, 1.54) is 6.92 Å². The third-order valence-electron chi connectivity index (χ3n) is 23.8. The largest absolute Gasteiger partial charge is 0.479 e. The summed E-state index contributed by atoms with van der Waals surface area (Å²) in [6.07, 6.45) is -38.9. The van der Waals surface area contributed by atoms with E-state index in [9.17, 15) is 86.2 Å². The summed E-state index contributed by atoms with van der Waals surface area (Å²) < 4.78 is 62.1. The standard InChI is InChI=1S/C59H94O27/c1-11-22(2)47(75)85-45-44(72)59-28(18-53(45,4)5)58(86-52(59)76)17-13-27-55(8)15-14-30(54(6,7)26(55)12-16-56(27,9)57(58,10)19-29(59)62)80-51-43(84-49-38(70)35(67)32(64)24(20-60)78-49)40(39(71)41(82-51)46(73)74)81-50-42(36(68)33(65)25(21-61)79-50)83-48-37(69)34(66)31(63)23(3)77-48/h11,23-45,48-52,60-72,76H,12-21H2,1-10H3,(H,73,74)/b22-11-/t23-,24-,25-,26+,27-,28-,29-,30+,31-,32-,33-,34+,35+,36+,37-,38-,39-,40-,41-,42-,43+,44-,45-,48+,49+,50+,51+,52-,55+,56-,57-,58-,59+/m0/s1. The van der Waals surface area contributed by atoms with Crippen molar-refractivity contribution in [1.82, 2.24) is 0 Å². The van der Waals surface area contributed by atoms with Crippen LogP contribution in [-0.4, -0.2) is 261 Å². The van der Waals surface area contributed by atoms with Crippen molar-refractivity contribution >= 4 is 11.9 Å². The number of carboxylic acids is 1.